The van der Waals surface area contributed by atoms with Gasteiger partial charge in [0, 0.05) is 17.0 Å². The van der Waals surface area contributed by atoms with Gasteiger partial charge in [0.15, 0.2) is 0 Å². The van der Waals surface area contributed by atoms with Crippen molar-refractivity contribution >= 4 is 38.3 Å². The van der Waals surface area contributed by atoms with E-state index in [4.69, 9.17) is 0 Å². The van der Waals surface area contributed by atoms with Crippen LogP contribution >= 0.6 is 15.9 Å². The Kier molecular flexibility index (Phi) is 2.97. The molecule has 0 bridgehead atoms. The second-order valence-electron chi connectivity index (χ2n) is 3.09. The first-order chi connectivity index (χ1) is 7.31. The van der Waals surface area contributed by atoms with Crippen LogP contribution in [0.1, 0.15) is 0 Å². The molecular weight excluding hydrogens is 256 g/mol. The summed E-state index contributed by atoms with van der Waals surface area (Å²) >= 11 is 3.10. The van der Waals surface area contributed by atoms with Gasteiger partial charge in [0.1, 0.15) is 0 Å². The van der Waals surface area contributed by atoms with Crippen molar-refractivity contribution in [3.63, 3.8) is 0 Å². The number of fused-ring (bicyclic) bond motifs is 1. The quantitative estimate of drug-likeness (QED) is 0.848. The number of carbonyl (C=O) groups excluding carboxylic acids is 1. The van der Waals surface area contributed by atoms with E-state index in [1.807, 2.05) is 24.3 Å². The summed E-state index contributed by atoms with van der Waals surface area (Å²) < 4.78 is 0. The van der Waals surface area contributed by atoms with E-state index in [0.717, 1.165) is 16.5 Å². The number of nitrogens with one attached hydrogen (secondary N) is 1. The lowest BCUT2D eigenvalue weighted by atomic mass is 10.1. The summed E-state index contributed by atoms with van der Waals surface area (Å²) in [7, 11) is 0. The molecule has 4 heteroatoms. The van der Waals surface area contributed by atoms with Crippen molar-refractivity contribution in [1.29, 1.82) is 0 Å². The summed E-state index contributed by atoms with van der Waals surface area (Å²) in [6.07, 6.45) is 3.43. The van der Waals surface area contributed by atoms with Crippen LogP contribution in [0.5, 0.6) is 0 Å². The zero-order valence-electron chi connectivity index (χ0n) is 7.90. The predicted molar refractivity (Wildman–Crippen MR) is 64.2 cm³/mol. The number of alkyl halides is 1. The Balaban J connectivity index is 2.46. The maximum absolute atomic E-state index is 11.2. The lowest BCUT2D eigenvalue weighted by Gasteiger charge is -2.06. The number of hydrogen-bond acceptors (Lipinski definition) is 2. The fourth-order valence-electron chi connectivity index (χ4n) is 1.40. The number of rotatable bonds is 2. The molecule has 0 aliphatic heterocycles. The van der Waals surface area contributed by atoms with E-state index in [9.17, 15) is 4.79 Å². The molecule has 1 aromatic carbocycles. The number of anilines is 1. The van der Waals surface area contributed by atoms with Gasteiger partial charge in [0.25, 0.3) is 0 Å². The summed E-state index contributed by atoms with van der Waals surface area (Å²) in [5.74, 6) is -0.0758. The van der Waals surface area contributed by atoms with E-state index in [2.05, 4.69) is 26.2 Å². The molecule has 2 aromatic rings. The van der Waals surface area contributed by atoms with Gasteiger partial charge in [-0.25, -0.2) is 0 Å². The van der Waals surface area contributed by atoms with Crippen LogP contribution in [0, 0.1) is 0 Å². The lowest BCUT2D eigenvalue weighted by Crippen LogP contribution is -2.12. The Morgan fingerprint density at radius 2 is 2.13 bits per heavy atom. The minimum Gasteiger partial charge on any atom is -0.323 e. The number of aromatic nitrogens is 1. The van der Waals surface area contributed by atoms with E-state index >= 15 is 0 Å². The molecule has 1 N–H and O–H groups in total. The molecular formula is C11H9BrN2O. The molecule has 0 fully saturated rings. The van der Waals surface area contributed by atoms with Crippen molar-refractivity contribution in [2.24, 2.45) is 0 Å². The molecule has 3 nitrogen and oxygen atoms in total. The first-order valence-electron chi connectivity index (χ1n) is 4.50. The van der Waals surface area contributed by atoms with Gasteiger partial charge >= 0.3 is 0 Å². The number of hydrogen-bond donors (Lipinski definition) is 1. The topological polar surface area (TPSA) is 42.0 Å². The Labute approximate surface area is 95.6 Å². The Bertz CT molecular complexity index is 493. The zero-order valence-corrected chi connectivity index (χ0v) is 9.49. The van der Waals surface area contributed by atoms with E-state index in [0.29, 0.717) is 0 Å². The smallest absolute Gasteiger partial charge is 0.235 e. The van der Waals surface area contributed by atoms with Gasteiger partial charge in [-0.15, -0.1) is 0 Å². The third-order valence-electron chi connectivity index (χ3n) is 2.06. The van der Waals surface area contributed by atoms with Crippen LogP contribution in [0.15, 0.2) is 36.7 Å². The van der Waals surface area contributed by atoms with Crippen molar-refractivity contribution in [1.82, 2.24) is 4.98 Å². The van der Waals surface area contributed by atoms with E-state index in [1.54, 1.807) is 12.4 Å². The van der Waals surface area contributed by atoms with Gasteiger partial charge in [0.2, 0.25) is 5.91 Å². The highest BCUT2D eigenvalue weighted by molar-refractivity contribution is 9.09. The maximum Gasteiger partial charge on any atom is 0.235 e. The second kappa shape index (κ2) is 4.40. The molecule has 0 atom stereocenters. The van der Waals surface area contributed by atoms with Crippen LogP contribution in [0.2, 0.25) is 0 Å². The first kappa shape index (κ1) is 10.1. The van der Waals surface area contributed by atoms with Crippen LogP contribution < -0.4 is 5.32 Å². The number of halogens is 1. The van der Waals surface area contributed by atoms with Crippen LogP contribution in [-0.4, -0.2) is 16.2 Å². The minimum absolute atomic E-state index is 0.0758. The third kappa shape index (κ3) is 2.15. The number of pyridine rings is 1. The number of benzene rings is 1. The van der Waals surface area contributed by atoms with Gasteiger partial charge in [-0.1, -0.05) is 40.2 Å². The molecule has 0 unspecified atom stereocenters. The first-order valence-corrected chi connectivity index (χ1v) is 5.62. The summed E-state index contributed by atoms with van der Waals surface area (Å²) in [5.41, 5.74) is 0.748. The van der Waals surface area contributed by atoms with Crippen molar-refractivity contribution in [3.8, 4) is 0 Å². The van der Waals surface area contributed by atoms with Crippen LogP contribution in [0.3, 0.4) is 0 Å². The minimum atomic E-state index is -0.0758. The Morgan fingerprint density at radius 1 is 1.33 bits per heavy atom. The monoisotopic (exact) mass is 264 g/mol. The van der Waals surface area contributed by atoms with Gasteiger partial charge in [0.05, 0.1) is 17.2 Å². The number of carbonyl (C=O) groups is 1. The van der Waals surface area contributed by atoms with Gasteiger partial charge in [-0.05, 0) is 0 Å². The van der Waals surface area contributed by atoms with Gasteiger partial charge in [-0.3, -0.25) is 9.78 Å². The van der Waals surface area contributed by atoms with Crippen molar-refractivity contribution in [2.75, 3.05) is 10.6 Å². The average molecular weight is 265 g/mol. The molecule has 0 radical (unpaired) electrons. The molecule has 1 aromatic heterocycles. The molecule has 2 rings (SSSR count). The molecule has 1 amide bonds. The second-order valence-corrected chi connectivity index (χ2v) is 3.65. The fourth-order valence-corrected chi connectivity index (χ4v) is 1.54. The zero-order chi connectivity index (χ0) is 10.7. The molecule has 0 aliphatic carbocycles. The number of nitrogens with zero attached hydrogens (tertiary/aromatic N) is 1. The molecule has 76 valence electrons. The third-order valence-corrected chi connectivity index (χ3v) is 2.57. The normalized spacial score (nSPS) is 10.2. The van der Waals surface area contributed by atoms with Crippen molar-refractivity contribution < 1.29 is 4.79 Å². The summed E-state index contributed by atoms with van der Waals surface area (Å²) in [6.45, 7) is 0. The lowest BCUT2D eigenvalue weighted by molar-refractivity contribution is -0.113. The summed E-state index contributed by atoms with van der Waals surface area (Å²) in [4.78, 5) is 15.3. The van der Waals surface area contributed by atoms with Gasteiger partial charge < -0.3 is 5.32 Å². The highest BCUT2D eigenvalue weighted by Gasteiger charge is 2.03. The largest absolute Gasteiger partial charge is 0.323 e. The summed E-state index contributed by atoms with van der Waals surface area (Å²) in [5, 5.41) is 5.09. The standard InChI is InChI=1S/C11H9BrN2O/c12-5-11(15)14-10-7-13-6-8-3-1-2-4-9(8)10/h1-4,6-7H,5H2,(H,14,15). The highest BCUT2D eigenvalue weighted by Crippen LogP contribution is 2.21. The Morgan fingerprint density at radius 3 is 2.93 bits per heavy atom. The van der Waals surface area contributed by atoms with Gasteiger partial charge in [-0.2, -0.15) is 0 Å². The fraction of sp³-hybridized carbons (Fsp3) is 0.0909. The van der Waals surface area contributed by atoms with Crippen molar-refractivity contribution in [3.05, 3.63) is 36.7 Å². The molecule has 0 aliphatic rings. The molecule has 0 saturated carbocycles. The molecule has 0 spiro atoms. The van der Waals surface area contributed by atoms with E-state index in [1.165, 1.54) is 0 Å². The van der Waals surface area contributed by atoms with Crippen molar-refractivity contribution in [2.45, 2.75) is 0 Å². The highest BCUT2D eigenvalue weighted by atomic mass is 79.9. The Hall–Kier alpha value is -1.42. The SMILES string of the molecule is O=C(CBr)Nc1cncc2ccccc12. The van der Waals surface area contributed by atoms with Crippen LogP contribution in [0.25, 0.3) is 10.8 Å². The predicted octanol–water partition coefficient (Wildman–Crippen LogP) is 2.57. The molecule has 1 heterocycles. The molecule has 0 saturated heterocycles. The average Bonchev–Trinajstić information content (AvgIpc) is 2.29. The maximum atomic E-state index is 11.2. The van der Waals surface area contributed by atoms with Crippen LogP contribution in [0.4, 0.5) is 5.69 Å². The van der Waals surface area contributed by atoms with Crippen LogP contribution in [-0.2, 0) is 4.79 Å². The molecule has 15 heavy (non-hydrogen) atoms. The van der Waals surface area contributed by atoms with E-state index < -0.39 is 0 Å². The van der Waals surface area contributed by atoms with E-state index in [-0.39, 0.29) is 11.2 Å². The number of amides is 1. The summed E-state index contributed by atoms with van der Waals surface area (Å²) in [6, 6.07) is 7.80.